The Hall–Kier alpha value is -0.390. The van der Waals surface area contributed by atoms with Crippen molar-refractivity contribution in [2.45, 2.75) is 4.90 Å². The normalized spacial score (nSPS) is 10.0. The maximum atomic E-state index is 11.8. The first-order chi connectivity index (χ1) is 8.15. The summed E-state index contributed by atoms with van der Waals surface area (Å²) in [4.78, 5) is 12.6. The summed E-state index contributed by atoms with van der Waals surface area (Å²) in [5, 5.41) is 2.87. The Bertz CT molecular complexity index is 409. The second-order valence-electron chi connectivity index (χ2n) is 3.28. The molecule has 0 aromatic heterocycles. The average molecular weight is 332 g/mol. The number of rotatable bonds is 6. The smallest absolute Gasteiger partial charge is 0.252 e. The molecule has 0 radical (unpaired) electrons. The zero-order valence-corrected chi connectivity index (χ0v) is 12.6. The van der Waals surface area contributed by atoms with Crippen LogP contribution in [-0.2, 0) is 0 Å². The molecule has 1 aromatic rings. The van der Waals surface area contributed by atoms with Crippen LogP contribution in [0.3, 0.4) is 0 Å². The standard InChI is InChI=1S/C12H14BrNOS2/c1-2-6-17-7-5-14-12(15)10-8-9(16)3-4-11(10)13/h2-4,8,16H,1,5-7H2,(H,14,15). The number of carbonyl (C=O) groups excluding carboxylic acids is 1. The third kappa shape index (κ3) is 5.19. The van der Waals surface area contributed by atoms with Crippen molar-refractivity contribution in [2.75, 3.05) is 18.1 Å². The molecule has 0 heterocycles. The Labute approximate surface area is 120 Å². The van der Waals surface area contributed by atoms with Crippen molar-refractivity contribution in [3.63, 3.8) is 0 Å². The molecular weight excluding hydrogens is 318 g/mol. The van der Waals surface area contributed by atoms with E-state index in [2.05, 4.69) is 40.5 Å². The lowest BCUT2D eigenvalue weighted by Crippen LogP contribution is -2.26. The van der Waals surface area contributed by atoms with Crippen LogP contribution in [0.2, 0.25) is 0 Å². The van der Waals surface area contributed by atoms with Crippen LogP contribution in [-0.4, -0.2) is 24.0 Å². The molecule has 0 aliphatic rings. The van der Waals surface area contributed by atoms with Crippen molar-refractivity contribution in [3.8, 4) is 0 Å². The van der Waals surface area contributed by atoms with E-state index in [-0.39, 0.29) is 5.91 Å². The van der Waals surface area contributed by atoms with Crippen molar-refractivity contribution in [1.29, 1.82) is 0 Å². The molecule has 92 valence electrons. The molecule has 1 rings (SSSR count). The molecule has 0 saturated carbocycles. The van der Waals surface area contributed by atoms with Gasteiger partial charge in [0.1, 0.15) is 0 Å². The molecule has 1 N–H and O–H groups in total. The SMILES string of the molecule is C=CCSCCNC(=O)c1cc(S)ccc1Br. The van der Waals surface area contributed by atoms with Gasteiger partial charge in [0, 0.05) is 27.4 Å². The number of thioether (sulfide) groups is 1. The summed E-state index contributed by atoms with van der Waals surface area (Å²) >= 11 is 9.31. The van der Waals surface area contributed by atoms with Gasteiger partial charge in [-0.2, -0.15) is 11.8 Å². The molecule has 0 aliphatic carbocycles. The molecular formula is C12H14BrNOS2. The highest BCUT2D eigenvalue weighted by molar-refractivity contribution is 9.10. The summed E-state index contributed by atoms with van der Waals surface area (Å²) in [7, 11) is 0. The van der Waals surface area contributed by atoms with E-state index < -0.39 is 0 Å². The van der Waals surface area contributed by atoms with Gasteiger partial charge in [0.15, 0.2) is 0 Å². The molecule has 17 heavy (non-hydrogen) atoms. The fourth-order valence-electron chi connectivity index (χ4n) is 1.19. The fraction of sp³-hybridized carbons (Fsp3) is 0.250. The van der Waals surface area contributed by atoms with Gasteiger partial charge in [0.2, 0.25) is 0 Å². The molecule has 5 heteroatoms. The lowest BCUT2D eigenvalue weighted by Gasteiger charge is -2.07. The number of hydrogen-bond acceptors (Lipinski definition) is 3. The topological polar surface area (TPSA) is 29.1 Å². The minimum absolute atomic E-state index is 0.0769. The summed E-state index contributed by atoms with van der Waals surface area (Å²) < 4.78 is 0.784. The fourth-order valence-corrected chi connectivity index (χ4v) is 2.40. The monoisotopic (exact) mass is 331 g/mol. The Balaban J connectivity index is 2.46. The van der Waals surface area contributed by atoms with E-state index in [0.29, 0.717) is 12.1 Å². The average Bonchev–Trinajstić information content (AvgIpc) is 2.32. The Morgan fingerprint density at radius 2 is 2.35 bits per heavy atom. The van der Waals surface area contributed by atoms with Gasteiger partial charge in [-0.1, -0.05) is 6.08 Å². The predicted molar refractivity (Wildman–Crippen MR) is 81.2 cm³/mol. The molecule has 1 aromatic carbocycles. The quantitative estimate of drug-likeness (QED) is 0.475. The third-order valence-electron chi connectivity index (χ3n) is 1.96. The van der Waals surface area contributed by atoms with Crippen LogP contribution in [0.15, 0.2) is 40.2 Å². The maximum absolute atomic E-state index is 11.8. The Morgan fingerprint density at radius 1 is 1.59 bits per heavy atom. The second-order valence-corrected chi connectivity index (χ2v) is 5.80. The molecule has 0 fully saturated rings. The van der Waals surface area contributed by atoms with Crippen LogP contribution in [0.25, 0.3) is 0 Å². The summed E-state index contributed by atoms with van der Waals surface area (Å²) in [5.74, 6) is 1.72. The molecule has 0 spiro atoms. The van der Waals surface area contributed by atoms with Gasteiger partial charge in [-0.3, -0.25) is 4.79 Å². The number of carbonyl (C=O) groups is 1. The zero-order chi connectivity index (χ0) is 12.7. The van der Waals surface area contributed by atoms with E-state index in [1.165, 1.54) is 0 Å². The molecule has 0 unspecified atom stereocenters. The third-order valence-corrected chi connectivity index (χ3v) is 3.90. The van der Waals surface area contributed by atoms with E-state index in [1.807, 2.05) is 18.2 Å². The van der Waals surface area contributed by atoms with E-state index in [1.54, 1.807) is 17.8 Å². The number of benzene rings is 1. The lowest BCUT2D eigenvalue weighted by molar-refractivity contribution is 0.0955. The molecule has 0 bridgehead atoms. The first-order valence-electron chi connectivity index (χ1n) is 5.10. The van der Waals surface area contributed by atoms with Gasteiger partial charge in [-0.25, -0.2) is 0 Å². The van der Waals surface area contributed by atoms with E-state index in [4.69, 9.17) is 0 Å². The Morgan fingerprint density at radius 3 is 3.06 bits per heavy atom. The van der Waals surface area contributed by atoms with Crippen LogP contribution in [0.1, 0.15) is 10.4 Å². The number of amides is 1. The summed E-state index contributed by atoms with van der Waals surface area (Å²) in [5.41, 5.74) is 0.617. The number of halogens is 1. The van der Waals surface area contributed by atoms with E-state index in [0.717, 1.165) is 20.9 Å². The number of hydrogen-bond donors (Lipinski definition) is 2. The summed E-state index contributed by atoms with van der Waals surface area (Å²) in [6.45, 7) is 4.29. The van der Waals surface area contributed by atoms with Crippen molar-refractivity contribution in [2.24, 2.45) is 0 Å². The van der Waals surface area contributed by atoms with Gasteiger partial charge in [0.05, 0.1) is 5.56 Å². The first kappa shape index (κ1) is 14.7. The minimum Gasteiger partial charge on any atom is -0.351 e. The summed E-state index contributed by atoms with van der Waals surface area (Å²) in [6.07, 6.45) is 1.85. The second kappa shape index (κ2) is 7.84. The predicted octanol–water partition coefficient (Wildman–Crippen LogP) is 3.39. The zero-order valence-electron chi connectivity index (χ0n) is 9.28. The Kier molecular flexibility index (Phi) is 6.77. The van der Waals surface area contributed by atoms with Gasteiger partial charge in [-0.15, -0.1) is 19.2 Å². The molecule has 2 nitrogen and oxygen atoms in total. The highest BCUT2D eigenvalue weighted by Gasteiger charge is 2.09. The first-order valence-corrected chi connectivity index (χ1v) is 7.50. The summed E-state index contributed by atoms with van der Waals surface area (Å²) in [6, 6.07) is 5.41. The van der Waals surface area contributed by atoms with Crippen molar-refractivity contribution < 1.29 is 4.79 Å². The van der Waals surface area contributed by atoms with Crippen LogP contribution in [0.5, 0.6) is 0 Å². The van der Waals surface area contributed by atoms with E-state index >= 15 is 0 Å². The number of nitrogens with one attached hydrogen (secondary N) is 1. The highest BCUT2D eigenvalue weighted by atomic mass is 79.9. The van der Waals surface area contributed by atoms with Crippen LogP contribution >= 0.6 is 40.3 Å². The van der Waals surface area contributed by atoms with Gasteiger partial charge in [-0.05, 0) is 34.1 Å². The number of thiol groups is 1. The van der Waals surface area contributed by atoms with Crippen molar-refractivity contribution in [3.05, 3.63) is 40.9 Å². The highest BCUT2D eigenvalue weighted by Crippen LogP contribution is 2.20. The van der Waals surface area contributed by atoms with Gasteiger partial charge in [0.25, 0.3) is 5.91 Å². The largest absolute Gasteiger partial charge is 0.351 e. The minimum atomic E-state index is -0.0769. The lowest BCUT2D eigenvalue weighted by atomic mass is 10.2. The van der Waals surface area contributed by atoms with Crippen LogP contribution in [0, 0.1) is 0 Å². The van der Waals surface area contributed by atoms with Crippen LogP contribution in [0.4, 0.5) is 0 Å². The molecule has 0 atom stereocenters. The van der Waals surface area contributed by atoms with Gasteiger partial charge < -0.3 is 5.32 Å². The van der Waals surface area contributed by atoms with Crippen molar-refractivity contribution in [1.82, 2.24) is 5.32 Å². The van der Waals surface area contributed by atoms with Gasteiger partial charge >= 0.3 is 0 Å². The van der Waals surface area contributed by atoms with E-state index in [9.17, 15) is 4.79 Å². The van der Waals surface area contributed by atoms with Crippen molar-refractivity contribution >= 4 is 46.2 Å². The maximum Gasteiger partial charge on any atom is 0.252 e. The van der Waals surface area contributed by atoms with Crippen LogP contribution < -0.4 is 5.32 Å². The molecule has 1 amide bonds. The molecule has 0 aliphatic heterocycles. The molecule has 0 saturated heterocycles.